The number of nitrogens with one attached hydrogen (secondary N) is 1. The summed E-state index contributed by atoms with van der Waals surface area (Å²) in [5.41, 5.74) is 1.02. The predicted molar refractivity (Wildman–Crippen MR) is 136 cm³/mol. The van der Waals surface area contributed by atoms with Crippen molar-refractivity contribution >= 4 is 29.1 Å². The van der Waals surface area contributed by atoms with Crippen molar-refractivity contribution in [2.24, 2.45) is 0 Å². The molecule has 2 N–H and O–H groups in total. The van der Waals surface area contributed by atoms with Gasteiger partial charge >= 0.3 is 5.97 Å². The molecule has 11 heteroatoms. The topological polar surface area (TPSA) is 146 Å². The number of ether oxygens (including phenoxy) is 1. The van der Waals surface area contributed by atoms with Crippen LogP contribution in [0.25, 0.3) is 5.76 Å². The Hall–Kier alpha value is -3.99. The van der Waals surface area contributed by atoms with Gasteiger partial charge in [-0.15, -0.1) is 0 Å². The third-order valence-corrected chi connectivity index (χ3v) is 6.77. The number of nitro groups is 1. The van der Waals surface area contributed by atoms with Crippen LogP contribution in [0.5, 0.6) is 0 Å². The van der Waals surface area contributed by atoms with E-state index in [0.29, 0.717) is 29.8 Å². The maximum Gasteiger partial charge on any atom is 0.354 e. The summed E-state index contributed by atoms with van der Waals surface area (Å²) in [7, 11) is 1.23. The van der Waals surface area contributed by atoms with Gasteiger partial charge in [-0.25, -0.2) is 4.79 Å². The van der Waals surface area contributed by atoms with Crippen LogP contribution in [-0.2, 0) is 14.3 Å². The Kier molecular flexibility index (Phi) is 8.49. The summed E-state index contributed by atoms with van der Waals surface area (Å²) in [4.78, 5) is 56.0. The number of nitro benzene ring substituents is 1. The summed E-state index contributed by atoms with van der Waals surface area (Å²) in [5, 5.41) is 22.9. The summed E-state index contributed by atoms with van der Waals surface area (Å²) in [6.45, 7) is 9.84. The smallest absolute Gasteiger partial charge is 0.354 e. The zero-order valence-electron chi connectivity index (χ0n) is 21.7. The molecule has 2 aromatic rings. The van der Waals surface area contributed by atoms with Crippen molar-refractivity contribution in [2.45, 2.75) is 40.2 Å². The van der Waals surface area contributed by atoms with E-state index < -0.39 is 34.4 Å². The number of aromatic amines is 1. The number of aromatic nitrogens is 1. The van der Waals surface area contributed by atoms with Gasteiger partial charge in [-0.3, -0.25) is 19.7 Å². The van der Waals surface area contributed by atoms with Crippen LogP contribution in [0, 0.1) is 24.0 Å². The average Bonchev–Trinajstić information content (AvgIpc) is 3.32. The van der Waals surface area contributed by atoms with Gasteiger partial charge in [0.2, 0.25) is 0 Å². The SMILES string of the molecule is CCN(CC)CCCN1C(=O)C(=O)/C(=C(/O)c2c(C)[nH]c(C(=O)OC)c2C)[C@@H]1c1cccc([N+](=O)[O-])c1. The number of non-ortho nitro benzene ring substituents is 1. The number of aliphatic hydroxyl groups is 1. The fourth-order valence-electron chi connectivity index (χ4n) is 4.82. The van der Waals surface area contributed by atoms with Crippen molar-refractivity contribution in [1.82, 2.24) is 14.8 Å². The number of carbonyl (C=O) groups is 3. The molecule has 0 aliphatic carbocycles. The second-order valence-electron chi connectivity index (χ2n) is 8.84. The highest BCUT2D eigenvalue weighted by molar-refractivity contribution is 6.46. The van der Waals surface area contributed by atoms with Crippen molar-refractivity contribution in [3.63, 3.8) is 0 Å². The Labute approximate surface area is 214 Å². The lowest BCUT2D eigenvalue weighted by Crippen LogP contribution is -2.33. The Balaban J connectivity index is 2.17. The zero-order valence-corrected chi connectivity index (χ0v) is 21.7. The van der Waals surface area contributed by atoms with E-state index in [-0.39, 0.29) is 29.1 Å². The highest BCUT2D eigenvalue weighted by Crippen LogP contribution is 2.41. The van der Waals surface area contributed by atoms with Crippen LogP contribution < -0.4 is 0 Å². The van der Waals surface area contributed by atoms with Crippen LogP contribution in [-0.4, -0.2) is 75.8 Å². The molecule has 1 atom stereocenters. The molecule has 37 heavy (non-hydrogen) atoms. The zero-order chi connectivity index (χ0) is 27.4. The van der Waals surface area contributed by atoms with Crippen molar-refractivity contribution in [3.05, 3.63) is 68.0 Å². The number of rotatable bonds is 10. The minimum Gasteiger partial charge on any atom is -0.507 e. The number of aryl methyl sites for hydroxylation is 1. The number of H-pyrrole nitrogens is 1. The first-order chi connectivity index (χ1) is 17.6. The second-order valence-corrected chi connectivity index (χ2v) is 8.84. The van der Waals surface area contributed by atoms with Gasteiger partial charge in [0.05, 0.1) is 23.6 Å². The lowest BCUT2D eigenvalue weighted by molar-refractivity contribution is -0.384. The van der Waals surface area contributed by atoms with Crippen LogP contribution in [0.3, 0.4) is 0 Å². The van der Waals surface area contributed by atoms with Gasteiger partial charge in [0.25, 0.3) is 17.4 Å². The standard InChI is InChI=1S/C26H32N4O7/c1-6-28(7-2)12-9-13-29-22(17-10-8-11-18(14-17)30(35)36)20(24(32)25(29)33)23(31)19-15(3)21(26(34)37-5)27-16(19)4/h8,10-11,14,22,27,31H,6-7,9,12-13H2,1-5H3/b23-20+/t22-/m0/s1. The largest absolute Gasteiger partial charge is 0.507 e. The number of amides is 1. The van der Waals surface area contributed by atoms with E-state index >= 15 is 0 Å². The van der Waals surface area contributed by atoms with E-state index in [9.17, 15) is 29.6 Å². The van der Waals surface area contributed by atoms with Gasteiger partial charge < -0.3 is 24.6 Å². The minimum atomic E-state index is -1.04. The number of aliphatic hydroxyl groups excluding tert-OH is 1. The molecule has 0 radical (unpaired) electrons. The normalized spacial score (nSPS) is 17.0. The summed E-state index contributed by atoms with van der Waals surface area (Å²) in [6.07, 6.45) is 0.564. The van der Waals surface area contributed by atoms with Crippen molar-refractivity contribution in [2.75, 3.05) is 33.3 Å². The first-order valence-corrected chi connectivity index (χ1v) is 12.1. The molecule has 1 aromatic carbocycles. The first kappa shape index (κ1) is 27.6. The highest BCUT2D eigenvalue weighted by atomic mass is 16.6. The number of Topliss-reactive ketones (excluding diaryl/α,β-unsaturated/α-hetero) is 1. The molecule has 2 heterocycles. The quantitative estimate of drug-likeness (QED) is 0.123. The molecule has 1 aromatic heterocycles. The van der Waals surface area contributed by atoms with Gasteiger partial charge in [0.1, 0.15) is 11.5 Å². The van der Waals surface area contributed by atoms with E-state index in [1.165, 1.54) is 30.2 Å². The van der Waals surface area contributed by atoms with Gasteiger partial charge in [-0.2, -0.15) is 0 Å². The van der Waals surface area contributed by atoms with Crippen LogP contribution >= 0.6 is 0 Å². The molecule has 3 rings (SSSR count). The molecule has 198 valence electrons. The highest BCUT2D eigenvalue weighted by Gasteiger charge is 2.46. The molecule has 11 nitrogen and oxygen atoms in total. The number of carbonyl (C=O) groups excluding carboxylic acids is 3. The lowest BCUT2D eigenvalue weighted by atomic mass is 9.93. The third-order valence-electron chi connectivity index (χ3n) is 6.77. The summed E-state index contributed by atoms with van der Waals surface area (Å²) < 4.78 is 4.79. The van der Waals surface area contributed by atoms with Crippen LogP contribution in [0.2, 0.25) is 0 Å². The monoisotopic (exact) mass is 512 g/mol. The van der Waals surface area contributed by atoms with Crippen molar-refractivity contribution < 1.29 is 29.2 Å². The molecule has 0 unspecified atom stereocenters. The van der Waals surface area contributed by atoms with Crippen molar-refractivity contribution in [1.29, 1.82) is 0 Å². The number of benzene rings is 1. The Morgan fingerprint density at radius 1 is 1.24 bits per heavy atom. The van der Waals surface area contributed by atoms with Crippen molar-refractivity contribution in [3.8, 4) is 0 Å². The molecule has 1 saturated heterocycles. The molecule has 1 aliphatic heterocycles. The fraction of sp³-hybridized carbons (Fsp3) is 0.423. The second kappa shape index (κ2) is 11.4. The molecular formula is C26H32N4O7. The molecule has 1 amide bonds. The third kappa shape index (κ3) is 5.26. The van der Waals surface area contributed by atoms with Gasteiger partial charge in [-0.1, -0.05) is 26.0 Å². The maximum absolute atomic E-state index is 13.3. The van der Waals surface area contributed by atoms with Gasteiger partial charge in [-0.05, 0) is 51.0 Å². The van der Waals surface area contributed by atoms with E-state index in [0.717, 1.165) is 13.1 Å². The number of nitrogens with zero attached hydrogens (tertiary/aromatic N) is 3. The Morgan fingerprint density at radius 2 is 1.92 bits per heavy atom. The van der Waals surface area contributed by atoms with Crippen LogP contribution in [0.4, 0.5) is 5.69 Å². The number of ketones is 1. The molecule has 0 bridgehead atoms. The average molecular weight is 513 g/mol. The van der Waals surface area contributed by atoms with E-state index in [1.54, 1.807) is 19.9 Å². The molecule has 1 fully saturated rings. The number of hydrogen-bond donors (Lipinski definition) is 2. The first-order valence-electron chi connectivity index (χ1n) is 12.1. The van der Waals surface area contributed by atoms with Gasteiger partial charge in [0.15, 0.2) is 0 Å². The molecule has 1 aliphatic rings. The van der Waals surface area contributed by atoms with E-state index in [4.69, 9.17) is 4.74 Å². The fourth-order valence-corrected chi connectivity index (χ4v) is 4.82. The van der Waals surface area contributed by atoms with Crippen LogP contribution in [0.15, 0.2) is 29.8 Å². The Morgan fingerprint density at radius 3 is 2.51 bits per heavy atom. The molecular weight excluding hydrogens is 480 g/mol. The number of hydrogen-bond acceptors (Lipinski definition) is 8. The number of likely N-dealkylation sites (tertiary alicyclic amines) is 1. The van der Waals surface area contributed by atoms with Gasteiger partial charge in [0, 0.05) is 29.9 Å². The predicted octanol–water partition coefficient (Wildman–Crippen LogP) is 3.48. The Bertz CT molecular complexity index is 1260. The number of methoxy groups -OCH3 is 1. The van der Waals surface area contributed by atoms with Crippen LogP contribution in [0.1, 0.15) is 59.2 Å². The molecule has 0 saturated carbocycles. The summed E-state index contributed by atoms with van der Waals surface area (Å²) >= 11 is 0. The minimum absolute atomic E-state index is 0.113. The summed E-state index contributed by atoms with van der Waals surface area (Å²) in [6, 6.07) is 4.65. The molecule has 0 spiro atoms. The number of esters is 1. The lowest BCUT2D eigenvalue weighted by Gasteiger charge is -2.26. The maximum atomic E-state index is 13.3. The van der Waals surface area contributed by atoms with E-state index in [1.807, 2.05) is 13.8 Å². The summed E-state index contributed by atoms with van der Waals surface area (Å²) in [5.74, 6) is -2.79. The van der Waals surface area contributed by atoms with E-state index in [2.05, 4.69) is 9.88 Å².